The van der Waals surface area contributed by atoms with Crippen molar-refractivity contribution in [2.45, 2.75) is 78.2 Å². The van der Waals surface area contributed by atoms with E-state index in [4.69, 9.17) is 0 Å². The molecule has 2 aliphatic rings. The van der Waals surface area contributed by atoms with E-state index in [0.717, 1.165) is 32.1 Å². The smallest absolute Gasteiger partial charge is 0.164 e. The molecular weight excluding hydrogens is 424 g/mol. The molecule has 0 spiro atoms. The molecule has 0 aromatic carbocycles. The second-order valence-electron chi connectivity index (χ2n) is 4.79. The van der Waals surface area contributed by atoms with Crippen LogP contribution >= 0.6 is 0 Å². The van der Waals surface area contributed by atoms with Crippen molar-refractivity contribution in [2.75, 3.05) is 0 Å². The van der Waals surface area contributed by atoms with Crippen LogP contribution in [-0.2, 0) is 25.9 Å². The summed E-state index contributed by atoms with van der Waals surface area (Å²) in [6.45, 7) is 8.00. The molecule has 0 aromatic rings. The molecule has 2 aliphatic carbocycles. The van der Waals surface area contributed by atoms with Gasteiger partial charge in [0.2, 0.25) is 0 Å². The van der Waals surface area contributed by atoms with Gasteiger partial charge in [-0.3, -0.25) is 4.79 Å². The summed E-state index contributed by atoms with van der Waals surface area (Å²) < 4.78 is 0. The topological polar surface area (TPSA) is 57.5 Å². The van der Waals surface area contributed by atoms with Gasteiger partial charge < -0.3 is 10.2 Å². The zero-order chi connectivity index (χ0) is 14.9. The minimum atomic E-state index is -0.799. The van der Waals surface area contributed by atoms with Gasteiger partial charge >= 0.3 is 0 Å². The number of aliphatic hydroxyl groups excluding tert-OH is 1. The van der Waals surface area contributed by atoms with Crippen molar-refractivity contribution in [1.82, 2.24) is 0 Å². The maximum atomic E-state index is 11.7. The van der Waals surface area contributed by atoms with Crippen LogP contribution in [0.1, 0.15) is 72.6 Å². The number of rotatable bonds is 1. The van der Waals surface area contributed by atoms with Crippen molar-refractivity contribution < 1.29 is 36.1 Å². The van der Waals surface area contributed by atoms with Crippen molar-refractivity contribution in [2.24, 2.45) is 5.92 Å². The molecule has 0 saturated heterocycles. The van der Waals surface area contributed by atoms with Crippen LogP contribution in [0.25, 0.3) is 0 Å². The molecule has 1 saturated carbocycles. The summed E-state index contributed by atoms with van der Waals surface area (Å²) >= 11 is 0. The van der Waals surface area contributed by atoms with E-state index in [1.165, 1.54) is 6.08 Å². The predicted molar refractivity (Wildman–Crippen MR) is 79.2 cm³/mol. The minimum absolute atomic E-state index is 0. The van der Waals surface area contributed by atoms with Crippen LogP contribution in [0.15, 0.2) is 11.8 Å². The molecule has 0 aliphatic heterocycles. The van der Waals surface area contributed by atoms with E-state index in [1.807, 2.05) is 27.7 Å². The normalized spacial score (nSPS) is 23.9. The SMILES string of the molecule is CC.CC.O=C1C=C(O)CCC1C1(O)CCCCC1.[W]. The van der Waals surface area contributed by atoms with Gasteiger partial charge in [-0.2, -0.15) is 0 Å². The molecule has 2 N–H and O–H groups in total. The second-order valence-corrected chi connectivity index (χ2v) is 4.79. The van der Waals surface area contributed by atoms with Crippen molar-refractivity contribution in [3.05, 3.63) is 11.8 Å². The molecule has 1 unspecified atom stereocenters. The van der Waals surface area contributed by atoms with E-state index in [2.05, 4.69) is 0 Å². The second kappa shape index (κ2) is 11.5. The van der Waals surface area contributed by atoms with Gasteiger partial charge in [0.05, 0.1) is 17.3 Å². The summed E-state index contributed by atoms with van der Waals surface area (Å²) in [5.74, 6) is -0.215. The van der Waals surface area contributed by atoms with Crippen LogP contribution in [0.3, 0.4) is 0 Å². The fraction of sp³-hybridized carbons (Fsp3) is 0.812. The first-order valence-corrected chi connectivity index (χ1v) is 7.77. The van der Waals surface area contributed by atoms with Crippen LogP contribution < -0.4 is 0 Å². The Balaban J connectivity index is 0. The summed E-state index contributed by atoms with van der Waals surface area (Å²) in [4.78, 5) is 11.7. The van der Waals surface area contributed by atoms with Crippen LogP contribution in [0.2, 0.25) is 0 Å². The fourth-order valence-electron chi connectivity index (χ4n) is 2.82. The number of ketones is 1. The molecular formula is C16H30O3W. The maximum absolute atomic E-state index is 11.7. The van der Waals surface area contributed by atoms with Gasteiger partial charge in [-0.15, -0.1) is 0 Å². The third-order valence-corrected chi connectivity index (χ3v) is 3.71. The van der Waals surface area contributed by atoms with E-state index in [1.54, 1.807) is 0 Å². The molecule has 118 valence electrons. The van der Waals surface area contributed by atoms with Crippen molar-refractivity contribution in [3.63, 3.8) is 0 Å². The summed E-state index contributed by atoms with van der Waals surface area (Å²) in [6, 6.07) is 0. The fourth-order valence-corrected chi connectivity index (χ4v) is 2.82. The Hall–Kier alpha value is -0.142. The largest absolute Gasteiger partial charge is 0.512 e. The first kappa shape index (κ1) is 22.1. The molecule has 0 aromatic heterocycles. The Morgan fingerprint density at radius 1 is 1.10 bits per heavy atom. The molecule has 0 radical (unpaired) electrons. The zero-order valence-electron chi connectivity index (χ0n) is 13.3. The van der Waals surface area contributed by atoms with Crippen LogP contribution in [-0.4, -0.2) is 21.6 Å². The predicted octanol–water partition coefficient (Wildman–Crippen LogP) is 4.15. The molecule has 0 amide bonds. The van der Waals surface area contributed by atoms with Gasteiger partial charge in [0.1, 0.15) is 0 Å². The van der Waals surface area contributed by atoms with Crippen molar-refractivity contribution >= 4 is 5.78 Å². The van der Waals surface area contributed by atoms with Crippen molar-refractivity contribution in [3.8, 4) is 0 Å². The molecule has 0 heterocycles. The average Bonchev–Trinajstić information content (AvgIpc) is 2.43. The van der Waals surface area contributed by atoms with Gasteiger partial charge in [0, 0.05) is 33.6 Å². The number of hydrogen-bond acceptors (Lipinski definition) is 3. The monoisotopic (exact) mass is 454 g/mol. The molecule has 4 heteroatoms. The minimum Gasteiger partial charge on any atom is -0.512 e. The number of carbonyl (C=O) groups is 1. The van der Waals surface area contributed by atoms with E-state index in [-0.39, 0.29) is 38.5 Å². The third-order valence-electron chi connectivity index (χ3n) is 3.71. The van der Waals surface area contributed by atoms with E-state index >= 15 is 0 Å². The van der Waals surface area contributed by atoms with E-state index < -0.39 is 5.60 Å². The van der Waals surface area contributed by atoms with Gasteiger partial charge in [-0.1, -0.05) is 47.0 Å². The van der Waals surface area contributed by atoms with E-state index in [9.17, 15) is 15.0 Å². The first-order chi connectivity index (χ1) is 9.12. The molecule has 0 bridgehead atoms. The zero-order valence-corrected chi connectivity index (χ0v) is 16.2. The summed E-state index contributed by atoms with van der Waals surface area (Å²) in [7, 11) is 0. The van der Waals surface area contributed by atoms with Gasteiger partial charge in [-0.05, 0) is 19.3 Å². The molecule has 2 rings (SSSR count). The molecule has 3 nitrogen and oxygen atoms in total. The Morgan fingerprint density at radius 2 is 1.60 bits per heavy atom. The Bertz CT molecular complexity index is 294. The molecule has 1 atom stereocenters. The van der Waals surface area contributed by atoms with Gasteiger partial charge in [0.25, 0.3) is 0 Å². The molecule has 20 heavy (non-hydrogen) atoms. The Labute approximate surface area is 138 Å². The van der Waals surface area contributed by atoms with Crippen molar-refractivity contribution in [1.29, 1.82) is 0 Å². The third kappa shape index (κ3) is 6.09. The Morgan fingerprint density at radius 3 is 2.05 bits per heavy atom. The standard InChI is InChI=1S/C12H18O3.2C2H6.W/c13-9-4-5-10(11(14)8-9)12(15)6-2-1-3-7-12;2*1-2;/h8,10,13,15H,1-7H2;2*1-2H3;. The summed E-state index contributed by atoms with van der Waals surface area (Å²) in [6.07, 6.45) is 7.06. The average molecular weight is 454 g/mol. The number of hydrogen-bond donors (Lipinski definition) is 2. The Kier molecular flexibility index (Phi) is 12.7. The van der Waals surface area contributed by atoms with Gasteiger partial charge in [-0.25, -0.2) is 0 Å². The maximum Gasteiger partial charge on any atom is 0.164 e. The van der Waals surface area contributed by atoms with E-state index in [0.29, 0.717) is 12.8 Å². The first-order valence-electron chi connectivity index (χ1n) is 7.77. The summed E-state index contributed by atoms with van der Waals surface area (Å²) in [5, 5.41) is 19.7. The van der Waals surface area contributed by atoms with Crippen LogP contribution in [0.4, 0.5) is 0 Å². The summed E-state index contributed by atoms with van der Waals surface area (Å²) in [5.41, 5.74) is -0.799. The van der Waals surface area contributed by atoms with Crippen LogP contribution in [0, 0.1) is 5.92 Å². The van der Waals surface area contributed by atoms with Crippen LogP contribution in [0.5, 0.6) is 0 Å². The molecule has 1 fully saturated rings. The number of allylic oxidation sites excluding steroid dienone is 2. The number of aliphatic hydroxyl groups is 2. The number of carbonyl (C=O) groups excluding carboxylic acids is 1. The van der Waals surface area contributed by atoms with Gasteiger partial charge in [0.15, 0.2) is 5.78 Å². The quantitative estimate of drug-likeness (QED) is 0.626.